The number of hydrogen-bond donors (Lipinski definition) is 0. The molecule has 3 rings (SSSR count). The van der Waals surface area contributed by atoms with Crippen molar-refractivity contribution in [2.24, 2.45) is 0 Å². The highest BCUT2D eigenvalue weighted by atomic mass is 19.4. The molecule has 3 aromatic carbocycles. The van der Waals surface area contributed by atoms with E-state index in [9.17, 15) is 31.1 Å². The molecular weight excluding hydrogens is 426 g/mol. The molecule has 0 fully saturated rings. The van der Waals surface area contributed by atoms with Gasteiger partial charge in [-0.3, -0.25) is 4.79 Å². The van der Waals surface area contributed by atoms with Crippen LogP contribution in [0.5, 0.6) is 11.5 Å². The van der Waals surface area contributed by atoms with E-state index in [1.54, 1.807) is 0 Å². The normalized spacial score (nSPS) is 11.8. The maximum atomic E-state index is 13.1. The molecule has 0 amide bonds. The third kappa shape index (κ3) is 5.78. The summed E-state index contributed by atoms with van der Waals surface area (Å²) in [6.07, 6.45) is -8.87. The van der Waals surface area contributed by atoms with Gasteiger partial charge in [0.25, 0.3) is 0 Å². The smallest absolute Gasteiger partial charge is 0.488 e. The molecular formula is C22H14F6O3. The van der Waals surface area contributed by atoms with Crippen LogP contribution in [0, 0.1) is 0 Å². The van der Waals surface area contributed by atoms with Crippen molar-refractivity contribution in [2.75, 3.05) is 0 Å². The first-order valence-electron chi connectivity index (χ1n) is 8.80. The zero-order valence-corrected chi connectivity index (χ0v) is 15.6. The van der Waals surface area contributed by atoms with Crippen molar-refractivity contribution in [3.8, 4) is 22.6 Å². The summed E-state index contributed by atoms with van der Waals surface area (Å²) >= 11 is 0. The average Bonchev–Trinajstić information content (AvgIpc) is 2.71. The van der Waals surface area contributed by atoms with Gasteiger partial charge in [-0.1, -0.05) is 36.4 Å². The van der Waals surface area contributed by atoms with Gasteiger partial charge < -0.3 is 9.47 Å². The molecule has 0 saturated carbocycles. The summed E-state index contributed by atoms with van der Waals surface area (Å²) in [5.41, 5.74) is 0.171. The summed E-state index contributed by atoms with van der Waals surface area (Å²) in [5, 5.41) is 0. The molecule has 0 bridgehead atoms. The molecule has 3 nitrogen and oxygen atoms in total. The molecule has 0 aliphatic carbocycles. The summed E-state index contributed by atoms with van der Waals surface area (Å²) < 4.78 is 85.3. The summed E-state index contributed by atoms with van der Waals surface area (Å²) in [7, 11) is 0. The Kier molecular flexibility index (Phi) is 6.24. The van der Waals surface area contributed by atoms with E-state index in [0.717, 1.165) is 18.2 Å². The number of carbonyl (C=O) groups is 1. The maximum Gasteiger partial charge on any atom is 0.573 e. The van der Waals surface area contributed by atoms with E-state index in [1.807, 2.05) is 0 Å². The zero-order chi connectivity index (χ0) is 22.6. The van der Waals surface area contributed by atoms with Crippen molar-refractivity contribution in [1.82, 2.24) is 0 Å². The van der Waals surface area contributed by atoms with E-state index < -0.39 is 30.5 Å². The average molecular weight is 440 g/mol. The topological polar surface area (TPSA) is 35.5 Å². The lowest BCUT2D eigenvalue weighted by atomic mass is 10.0. The third-order valence-corrected chi connectivity index (χ3v) is 4.26. The van der Waals surface area contributed by atoms with Gasteiger partial charge in [0, 0.05) is 5.56 Å². The van der Waals surface area contributed by atoms with E-state index in [0.29, 0.717) is 17.4 Å². The fourth-order valence-electron chi connectivity index (χ4n) is 2.88. The number of carbonyl (C=O) groups excluding carboxylic acids is 1. The molecule has 0 unspecified atom stereocenters. The molecule has 0 spiro atoms. The summed E-state index contributed by atoms with van der Waals surface area (Å²) in [6.45, 7) is -0.403. The Morgan fingerprint density at radius 3 is 2.06 bits per heavy atom. The Morgan fingerprint density at radius 1 is 0.806 bits per heavy atom. The summed E-state index contributed by atoms with van der Waals surface area (Å²) in [6, 6.07) is 14.3. The lowest BCUT2D eigenvalue weighted by Gasteiger charge is -2.15. The number of ether oxygens (including phenoxy) is 2. The maximum absolute atomic E-state index is 13.1. The molecule has 0 aliphatic heterocycles. The quantitative estimate of drug-likeness (QED) is 0.318. The van der Waals surface area contributed by atoms with E-state index in [4.69, 9.17) is 4.74 Å². The number of rotatable bonds is 6. The van der Waals surface area contributed by atoms with Gasteiger partial charge >= 0.3 is 12.5 Å². The highest BCUT2D eigenvalue weighted by Gasteiger charge is 2.33. The van der Waals surface area contributed by atoms with Crippen LogP contribution >= 0.6 is 0 Å². The second kappa shape index (κ2) is 8.71. The molecule has 0 heterocycles. The first kappa shape index (κ1) is 22.2. The third-order valence-electron chi connectivity index (χ3n) is 4.26. The molecule has 0 aliphatic rings. The van der Waals surface area contributed by atoms with Gasteiger partial charge in [0.1, 0.15) is 18.1 Å². The van der Waals surface area contributed by atoms with Gasteiger partial charge in [0.2, 0.25) is 0 Å². The Bertz CT molecular complexity index is 1060. The fraction of sp³-hybridized carbons (Fsp3) is 0.136. The molecule has 0 N–H and O–H groups in total. The minimum absolute atomic E-state index is 0.0766. The van der Waals surface area contributed by atoms with Gasteiger partial charge in [-0.05, 0) is 41.5 Å². The minimum atomic E-state index is -4.81. The molecule has 0 aromatic heterocycles. The zero-order valence-electron chi connectivity index (χ0n) is 15.6. The van der Waals surface area contributed by atoms with E-state index in [-0.39, 0.29) is 16.9 Å². The van der Waals surface area contributed by atoms with Crippen LogP contribution in [0.3, 0.4) is 0 Å². The minimum Gasteiger partial charge on any atom is -0.488 e. The molecule has 9 heteroatoms. The van der Waals surface area contributed by atoms with Crippen LogP contribution in [-0.2, 0) is 12.8 Å². The number of benzene rings is 3. The summed E-state index contributed by atoms with van der Waals surface area (Å²) in [5.74, 6) is -0.317. The highest BCUT2D eigenvalue weighted by molar-refractivity contribution is 5.83. The number of halogens is 6. The first-order valence-corrected chi connectivity index (χ1v) is 8.80. The van der Waals surface area contributed by atoms with Crippen LogP contribution in [0.4, 0.5) is 26.3 Å². The van der Waals surface area contributed by atoms with Crippen molar-refractivity contribution >= 4 is 6.29 Å². The van der Waals surface area contributed by atoms with Crippen molar-refractivity contribution in [3.05, 3.63) is 83.4 Å². The number of aldehydes is 1. The number of hydrogen-bond acceptors (Lipinski definition) is 3. The molecule has 3 aromatic rings. The van der Waals surface area contributed by atoms with Gasteiger partial charge in [0.05, 0.1) is 11.1 Å². The van der Waals surface area contributed by atoms with E-state index in [2.05, 4.69) is 4.74 Å². The van der Waals surface area contributed by atoms with Crippen LogP contribution in [0.15, 0.2) is 66.7 Å². The SMILES string of the molecule is O=Cc1cc(-c2ccc(OC(F)(F)F)cc2)ccc1OCc1ccccc1C(F)(F)F. The van der Waals surface area contributed by atoms with Crippen LogP contribution in [0.1, 0.15) is 21.5 Å². The van der Waals surface area contributed by atoms with E-state index >= 15 is 0 Å². The van der Waals surface area contributed by atoms with Gasteiger partial charge in [-0.2, -0.15) is 13.2 Å². The molecule has 162 valence electrons. The van der Waals surface area contributed by atoms with Crippen molar-refractivity contribution < 1.29 is 40.6 Å². The van der Waals surface area contributed by atoms with Crippen LogP contribution in [-0.4, -0.2) is 12.6 Å². The standard InChI is InChI=1S/C22H14F6O3/c23-21(24,25)19-4-2-1-3-16(19)13-30-20-10-7-15(11-17(20)12-29)14-5-8-18(9-6-14)31-22(26,27)28/h1-12H,13H2. The predicted octanol–water partition coefficient (Wildman–Crippen LogP) is 6.66. The Morgan fingerprint density at radius 2 is 1.45 bits per heavy atom. The largest absolute Gasteiger partial charge is 0.573 e. The van der Waals surface area contributed by atoms with Gasteiger partial charge in [-0.25, -0.2) is 0 Å². The van der Waals surface area contributed by atoms with Crippen LogP contribution in [0.25, 0.3) is 11.1 Å². The lowest BCUT2D eigenvalue weighted by Crippen LogP contribution is -2.16. The van der Waals surface area contributed by atoms with Crippen LogP contribution < -0.4 is 9.47 Å². The van der Waals surface area contributed by atoms with Gasteiger partial charge in [-0.15, -0.1) is 13.2 Å². The molecule has 31 heavy (non-hydrogen) atoms. The summed E-state index contributed by atoms with van der Waals surface area (Å²) in [4.78, 5) is 11.5. The van der Waals surface area contributed by atoms with Crippen molar-refractivity contribution in [3.63, 3.8) is 0 Å². The lowest BCUT2D eigenvalue weighted by molar-refractivity contribution is -0.274. The van der Waals surface area contributed by atoms with Crippen molar-refractivity contribution in [2.45, 2.75) is 19.1 Å². The highest BCUT2D eigenvalue weighted by Crippen LogP contribution is 2.33. The second-order valence-corrected chi connectivity index (χ2v) is 6.39. The first-order chi connectivity index (χ1) is 14.6. The molecule has 0 saturated heterocycles. The number of alkyl halides is 6. The second-order valence-electron chi connectivity index (χ2n) is 6.39. The van der Waals surface area contributed by atoms with E-state index in [1.165, 1.54) is 48.5 Å². The molecule has 0 atom stereocenters. The Hall–Kier alpha value is -3.49. The predicted molar refractivity (Wildman–Crippen MR) is 99.7 cm³/mol. The van der Waals surface area contributed by atoms with Crippen molar-refractivity contribution in [1.29, 1.82) is 0 Å². The Balaban J connectivity index is 1.79. The molecule has 0 radical (unpaired) electrons. The fourth-order valence-corrected chi connectivity index (χ4v) is 2.88. The van der Waals surface area contributed by atoms with Gasteiger partial charge in [0.15, 0.2) is 6.29 Å². The Labute approximate surface area is 172 Å². The monoisotopic (exact) mass is 440 g/mol. The van der Waals surface area contributed by atoms with Crippen LogP contribution in [0.2, 0.25) is 0 Å².